The van der Waals surface area contributed by atoms with Crippen LogP contribution in [0.5, 0.6) is 0 Å². The van der Waals surface area contributed by atoms with Gasteiger partial charge < -0.3 is 15.4 Å². The van der Waals surface area contributed by atoms with Gasteiger partial charge in [-0.25, -0.2) is 14.2 Å². The van der Waals surface area contributed by atoms with E-state index in [1.54, 1.807) is 36.4 Å². The minimum atomic E-state index is -0.378. The normalized spacial score (nSPS) is 10.4. The second-order valence-electron chi connectivity index (χ2n) is 6.22. The molecule has 144 valence electrons. The Morgan fingerprint density at radius 1 is 1.07 bits per heavy atom. The summed E-state index contributed by atoms with van der Waals surface area (Å²) in [5, 5.41) is 6.39. The number of rotatable bonds is 7. The molecular weight excluding hydrogens is 359 g/mol. The molecule has 0 aliphatic rings. The maximum Gasteiger partial charge on any atom is 0.337 e. The Bertz CT molecular complexity index is 944. The van der Waals surface area contributed by atoms with Gasteiger partial charge in [-0.2, -0.15) is 4.98 Å². The maximum absolute atomic E-state index is 13.0. The fourth-order valence-electron chi connectivity index (χ4n) is 2.64. The molecule has 2 aromatic carbocycles. The molecule has 1 heterocycles. The van der Waals surface area contributed by atoms with Crippen molar-refractivity contribution in [3.05, 3.63) is 77.2 Å². The predicted molar refractivity (Wildman–Crippen MR) is 106 cm³/mol. The lowest BCUT2D eigenvalue weighted by Gasteiger charge is -2.10. The summed E-state index contributed by atoms with van der Waals surface area (Å²) in [6, 6.07) is 15.2. The highest BCUT2D eigenvalue weighted by Gasteiger charge is 2.06. The van der Waals surface area contributed by atoms with Crippen LogP contribution in [0.15, 0.2) is 54.6 Å². The predicted octanol–water partition coefficient (Wildman–Crippen LogP) is 4.11. The van der Waals surface area contributed by atoms with Gasteiger partial charge in [-0.3, -0.25) is 0 Å². The van der Waals surface area contributed by atoms with Crippen LogP contribution in [0.25, 0.3) is 0 Å². The van der Waals surface area contributed by atoms with E-state index in [1.807, 2.05) is 13.0 Å². The van der Waals surface area contributed by atoms with E-state index in [1.165, 1.54) is 19.2 Å². The molecule has 28 heavy (non-hydrogen) atoms. The first-order valence-electron chi connectivity index (χ1n) is 8.83. The third-order valence-electron chi connectivity index (χ3n) is 4.04. The molecular formula is C21H21FN4O2. The Labute approximate surface area is 162 Å². The number of carbonyl (C=O) groups excluding carboxylic acids is 1. The highest BCUT2D eigenvalue weighted by Crippen LogP contribution is 2.18. The number of esters is 1. The van der Waals surface area contributed by atoms with Crippen LogP contribution in [0.4, 0.5) is 21.8 Å². The lowest BCUT2D eigenvalue weighted by Crippen LogP contribution is -2.09. The number of aromatic nitrogens is 2. The topological polar surface area (TPSA) is 76.1 Å². The van der Waals surface area contributed by atoms with E-state index in [0.29, 0.717) is 23.9 Å². The van der Waals surface area contributed by atoms with Crippen LogP contribution in [0, 0.1) is 12.7 Å². The van der Waals surface area contributed by atoms with Gasteiger partial charge >= 0.3 is 5.97 Å². The van der Waals surface area contributed by atoms with Gasteiger partial charge in [0.2, 0.25) is 5.95 Å². The number of hydrogen-bond acceptors (Lipinski definition) is 6. The minimum absolute atomic E-state index is 0.242. The third-order valence-corrected chi connectivity index (χ3v) is 4.04. The fourth-order valence-corrected chi connectivity index (χ4v) is 2.64. The van der Waals surface area contributed by atoms with Crippen LogP contribution in [0.1, 0.15) is 21.6 Å². The van der Waals surface area contributed by atoms with E-state index in [9.17, 15) is 9.18 Å². The number of nitrogens with one attached hydrogen (secondary N) is 2. The van der Waals surface area contributed by atoms with Crippen LogP contribution >= 0.6 is 0 Å². The van der Waals surface area contributed by atoms with Gasteiger partial charge in [0.25, 0.3) is 0 Å². The van der Waals surface area contributed by atoms with E-state index >= 15 is 0 Å². The Morgan fingerprint density at radius 3 is 2.46 bits per heavy atom. The summed E-state index contributed by atoms with van der Waals surface area (Å²) in [7, 11) is 1.35. The number of nitrogens with zero attached hydrogens (tertiary/aromatic N) is 2. The molecule has 0 amide bonds. The lowest BCUT2D eigenvalue weighted by molar-refractivity contribution is 0.0601. The van der Waals surface area contributed by atoms with Crippen molar-refractivity contribution in [2.75, 3.05) is 24.3 Å². The molecule has 0 radical (unpaired) electrons. The molecule has 0 atom stereocenters. The Balaban J connectivity index is 1.62. The van der Waals surface area contributed by atoms with Gasteiger partial charge in [0.15, 0.2) is 0 Å². The van der Waals surface area contributed by atoms with Crippen molar-refractivity contribution in [3.63, 3.8) is 0 Å². The van der Waals surface area contributed by atoms with Crippen LogP contribution in [-0.4, -0.2) is 29.6 Å². The zero-order valence-electron chi connectivity index (χ0n) is 15.7. The van der Waals surface area contributed by atoms with Crippen LogP contribution in [0.2, 0.25) is 0 Å². The molecule has 3 rings (SSSR count). The van der Waals surface area contributed by atoms with Crippen molar-refractivity contribution in [1.29, 1.82) is 0 Å². The maximum atomic E-state index is 13.0. The average Bonchev–Trinajstić information content (AvgIpc) is 2.69. The number of hydrogen-bond donors (Lipinski definition) is 2. The molecule has 0 saturated heterocycles. The number of aryl methyl sites for hydroxylation is 1. The van der Waals surface area contributed by atoms with E-state index in [2.05, 4.69) is 20.6 Å². The summed E-state index contributed by atoms with van der Waals surface area (Å²) >= 11 is 0. The molecule has 2 N–H and O–H groups in total. The largest absolute Gasteiger partial charge is 0.465 e. The van der Waals surface area contributed by atoms with E-state index in [-0.39, 0.29) is 11.8 Å². The number of benzene rings is 2. The number of anilines is 3. The van der Waals surface area contributed by atoms with E-state index < -0.39 is 0 Å². The summed E-state index contributed by atoms with van der Waals surface area (Å²) in [6.45, 7) is 2.51. The highest BCUT2D eigenvalue weighted by atomic mass is 19.1. The van der Waals surface area contributed by atoms with Gasteiger partial charge in [-0.1, -0.05) is 12.1 Å². The molecule has 0 aliphatic heterocycles. The Kier molecular flexibility index (Phi) is 6.16. The van der Waals surface area contributed by atoms with Crippen LogP contribution < -0.4 is 10.6 Å². The summed E-state index contributed by atoms with van der Waals surface area (Å²) in [4.78, 5) is 20.4. The molecule has 0 fully saturated rings. The Hall–Kier alpha value is -3.48. The number of ether oxygens (including phenoxy) is 1. The van der Waals surface area contributed by atoms with Crippen molar-refractivity contribution in [2.45, 2.75) is 13.3 Å². The van der Waals surface area contributed by atoms with Gasteiger partial charge in [0.05, 0.1) is 12.7 Å². The lowest BCUT2D eigenvalue weighted by atomic mass is 10.1. The molecule has 0 unspecified atom stereocenters. The second kappa shape index (κ2) is 8.94. The summed E-state index contributed by atoms with van der Waals surface area (Å²) in [5.74, 6) is 0.532. The smallest absolute Gasteiger partial charge is 0.337 e. The quantitative estimate of drug-likeness (QED) is 0.601. The monoisotopic (exact) mass is 380 g/mol. The first-order chi connectivity index (χ1) is 13.5. The highest BCUT2D eigenvalue weighted by molar-refractivity contribution is 5.89. The summed E-state index contributed by atoms with van der Waals surface area (Å²) in [5.41, 5.74) is 3.12. The summed E-state index contributed by atoms with van der Waals surface area (Å²) in [6.07, 6.45) is 0.731. The zero-order chi connectivity index (χ0) is 19.9. The van der Waals surface area contributed by atoms with Crippen LogP contribution in [-0.2, 0) is 11.2 Å². The molecule has 1 aromatic heterocycles. The van der Waals surface area contributed by atoms with Crippen molar-refractivity contribution in [3.8, 4) is 0 Å². The minimum Gasteiger partial charge on any atom is -0.465 e. The number of carbonyl (C=O) groups is 1. The molecule has 6 nitrogen and oxygen atoms in total. The van der Waals surface area contributed by atoms with Gasteiger partial charge in [0.1, 0.15) is 11.6 Å². The Morgan fingerprint density at radius 2 is 1.79 bits per heavy atom. The first kappa shape index (κ1) is 19.3. The van der Waals surface area contributed by atoms with Crippen molar-refractivity contribution in [1.82, 2.24) is 9.97 Å². The molecule has 0 bridgehead atoms. The van der Waals surface area contributed by atoms with Crippen molar-refractivity contribution >= 4 is 23.4 Å². The summed E-state index contributed by atoms with van der Waals surface area (Å²) < 4.78 is 17.7. The van der Waals surface area contributed by atoms with Crippen molar-refractivity contribution < 1.29 is 13.9 Å². The fraction of sp³-hybridized carbons (Fsp3) is 0.190. The van der Waals surface area contributed by atoms with Crippen molar-refractivity contribution in [2.24, 2.45) is 0 Å². The standard InChI is InChI=1S/C21H21FN4O2/c1-14-13-19(25-18-9-5-16(6-10-18)20(27)28-2)26-21(24-14)23-12-11-15-3-7-17(22)8-4-15/h3-10,13H,11-12H2,1-2H3,(H2,23,24,25,26). The van der Waals surface area contributed by atoms with Gasteiger partial charge in [-0.05, 0) is 55.3 Å². The second-order valence-corrected chi connectivity index (χ2v) is 6.22. The zero-order valence-corrected chi connectivity index (χ0v) is 15.7. The number of methoxy groups -OCH3 is 1. The van der Waals surface area contributed by atoms with Gasteiger partial charge in [-0.15, -0.1) is 0 Å². The van der Waals surface area contributed by atoms with E-state index in [4.69, 9.17) is 4.74 Å². The molecule has 0 saturated carbocycles. The average molecular weight is 380 g/mol. The third kappa shape index (κ3) is 5.26. The molecule has 3 aromatic rings. The first-order valence-corrected chi connectivity index (χ1v) is 8.83. The van der Waals surface area contributed by atoms with Gasteiger partial charge in [0, 0.05) is 24.0 Å². The molecule has 0 spiro atoms. The molecule has 0 aliphatic carbocycles. The van der Waals surface area contributed by atoms with Crippen LogP contribution in [0.3, 0.4) is 0 Å². The van der Waals surface area contributed by atoms with E-state index in [0.717, 1.165) is 23.4 Å². The molecule has 7 heteroatoms. The SMILES string of the molecule is COC(=O)c1ccc(Nc2cc(C)nc(NCCc3ccc(F)cc3)n2)cc1. The number of halogens is 1.